The van der Waals surface area contributed by atoms with Gasteiger partial charge in [-0.05, 0) is 25.5 Å². The molecule has 0 saturated carbocycles. The van der Waals surface area contributed by atoms with Crippen LogP contribution in [0.15, 0.2) is 11.6 Å². The lowest BCUT2D eigenvalue weighted by Gasteiger charge is -2.06. The van der Waals surface area contributed by atoms with Gasteiger partial charge in [-0.1, -0.05) is 11.3 Å². The number of pyridine rings is 1. The van der Waals surface area contributed by atoms with Gasteiger partial charge in [0.1, 0.15) is 5.82 Å². The van der Waals surface area contributed by atoms with Gasteiger partial charge in [0, 0.05) is 19.0 Å². The molecule has 0 unspecified atom stereocenters. The van der Waals surface area contributed by atoms with E-state index in [1.165, 1.54) is 11.3 Å². The van der Waals surface area contributed by atoms with Gasteiger partial charge in [-0.2, -0.15) is 4.57 Å². The van der Waals surface area contributed by atoms with E-state index in [4.69, 9.17) is 15.5 Å². The topological polar surface area (TPSA) is 110 Å². The number of nitrogens with two attached hydrogens (primary N) is 1. The van der Waals surface area contributed by atoms with Gasteiger partial charge in [0.05, 0.1) is 17.0 Å². The molecular formula is C14H21N3O4PS+. The third-order valence-corrected chi connectivity index (χ3v) is 5.33. The quantitative estimate of drug-likeness (QED) is 0.535. The summed E-state index contributed by atoms with van der Waals surface area (Å²) in [7, 11) is -4.41. The number of hydrogen-bond acceptors (Lipinski definition) is 5. The molecule has 0 atom stereocenters. The van der Waals surface area contributed by atoms with Crippen molar-refractivity contribution in [2.45, 2.75) is 33.7 Å². The normalized spacial score (nSPS) is 11.9. The predicted octanol–water partition coefficient (Wildman–Crippen LogP) is 1.64. The lowest BCUT2D eigenvalue weighted by atomic mass is 10.1. The van der Waals surface area contributed by atoms with Crippen LogP contribution >= 0.6 is 19.2 Å². The predicted molar refractivity (Wildman–Crippen MR) is 88.2 cm³/mol. The summed E-state index contributed by atoms with van der Waals surface area (Å²) in [6.07, 6.45) is 0.454. The summed E-state index contributed by atoms with van der Waals surface area (Å²) in [4.78, 5) is 22.8. The first-order valence-electron chi connectivity index (χ1n) is 7.06. The average Bonchev–Trinajstić information content (AvgIpc) is 2.76. The maximum atomic E-state index is 10.7. The van der Waals surface area contributed by atoms with E-state index >= 15 is 0 Å². The van der Waals surface area contributed by atoms with Gasteiger partial charge in [0.25, 0.3) is 0 Å². The van der Waals surface area contributed by atoms with Gasteiger partial charge in [0.15, 0.2) is 12.2 Å². The van der Waals surface area contributed by atoms with Crippen molar-refractivity contribution >= 4 is 25.0 Å². The van der Waals surface area contributed by atoms with Crippen molar-refractivity contribution < 1.29 is 23.4 Å². The van der Waals surface area contributed by atoms with E-state index in [1.807, 2.05) is 32.3 Å². The van der Waals surface area contributed by atoms with Crippen LogP contribution in [0.3, 0.4) is 0 Å². The number of thiazole rings is 1. The first kappa shape index (κ1) is 18.0. The molecule has 126 valence electrons. The van der Waals surface area contributed by atoms with Gasteiger partial charge < -0.3 is 15.5 Å². The maximum Gasteiger partial charge on any atom is 0.469 e. The molecule has 2 aromatic rings. The Kier molecular flexibility index (Phi) is 5.54. The SMILES string of the molecule is Cc1cc(C[n+]2csc(CCOP(=O)(O)O)c2C)c(N)nc1C. The lowest BCUT2D eigenvalue weighted by molar-refractivity contribution is -0.689. The summed E-state index contributed by atoms with van der Waals surface area (Å²) in [5, 5.41) is 0. The van der Waals surface area contributed by atoms with Crippen LogP contribution < -0.4 is 10.3 Å². The monoisotopic (exact) mass is 358 g/mol. The molecule has 4 N–H and O–H groups in total. The second-order valence-corrected chi connectivity index (χ2v) is 7.55. The number of rotatable bonds is 6. The highest BCUT2D eigenvalue weighted by molar-refractivity contribution is 7.46. The molecule has 0 fully saturated rings. The number of anilines is 1. The number of phosphoric ester groups is 1. The van der Waals surface area contributed by atoms with Gasteiger partial charge >= 0.3 is 7.82 Å². The Morgan fingerprint density at radius 2 is 2.09 bits per heavy atom. The second kappa shape index (κ2) is 7.07. The van der Waals surface area contributed by atoms with Crippen LogP contribution in [-0.4, -0.2) is 21.4 Å². The summed E-state index contributed by atoms with van der Waals surface area (Å²) in [6, 6.07) is 2.04. The van der Waals surface area contributed by atoms with E-state index in [0.29, 0.717) is 18.8 Å². The summed E-state index contributed by atoms with van der Waals surface area (Å²) in [5.74, 6) is 0.526. The fraction of sp³-hybridized carbons (Fsp3) is 0.429. The largest absolute Gasteiger partial charge is 0.469 e. The summed E-state index contributed by atoms with van der Waals surface area (Å²) in [6.45, 7) is 6.49. The van der Waals surface area contributed by atoms with E-state index in [2.05, 4.69) is 14.1 Å². The Balaban J connectivity index is 2.11. The molecule has 2 aromatic heterocycles. The van der Waals surface area contributed by atoms with Crippen molar-refractivity contribution in [3.63, 3.8) is 0 Å². The Bertz CT molecular complexity index is 757. The van der Waals surface area contributed by atoms with Crippen LogP contribution in [0.25, 0.3) is 0 Å². The van der Waals surface area contributed by atoms with Crippen LogP contribution in [0.5, 0.6) is 0 Å². The van der Waals surface area contributed by atoms with Crippen LogP contribution in [0.1, 0.15) is 27.4 Å². The minimum absolute atomic E-state index is 0.0149. The molecule has 2 heterocycles. The molecule has 0 spiro atoms. The molecule has 0 saturated heterocycles. The smallest absolute Gasteiger partial charge is 0.383 e. The number of nitrogen functional groups attached to an aromatic ring is 1. The molecule has 0 aliphatic carbocycles. The molecule has 0 bridgehead atoms. The molecule has 0 aliphatic heterocycles. The molecule has 2 rings (SSSR count). The van der Waals surface area contributed by atoms with Crippen LogP contribution in [0.2, 0.25) is 0 Å². The number of aromatic nitrogens is 2. The molecular weight excluding hydrogens is 337 g/mol. The minimum atomic E-state index is -4.41. The number of nitrogens with zero attached hydrogens (tertiary/aromatic N) is 2. The van der Waals surface area contributed by atoms with E-state index < -0.39 is 7.82 Å². The van der Waals surface area contributed by atoms with Gasteiger partial charge in [-0.15, -0.1) is 0 Å². The van der Waals surface area contributed by atoms with Gasteiger partial charge in [-0.25, -0.2) is 9.55 Å². The lowest BCUT2D eigenvalue weighted by Crippen LogP contribution is -2.35. The van der Waals surface area contributed by atoms with E-state index in [1.54, 1.807) is 0 Å². The molecule has 0 amide bonds. The van der Waals surface area contributed by atoms with Crippen LogP contribution in [-0.2, 0) is 22.1 Å². The Labute approximate surface area is 139 Å². The molecule has 7 nitrogen and oxygen atoms in total. The Morgan fingerprint density at radius 1 is 1.39 bits per heavy atom. The Morgan fingerprint density at radius 3 is 2.74 bits per heavy atom. The standard InChI is InChI=1S/C14H20N3O4PS/c1-9-6-12(14(15)16-10(9)2)7-17-8-23-13(11(17)3)4-5-21-22(18,19)20/h6,8H,4-5,7H2,1-3H3,(H3-,15,16,18,19,20)/p+1. The zero-order chi connectivity index (χ0) is 17.2. The minimum Gasteiger partial charge on any atom is -0.383 e. The number of hydrogen-bond donors (Lipinski definition) is 3. The first-order valence-corrected chi connectivity index (χ1v) is 9.47. The van der Waals surface area contributed by atoms with E-state index in [-0.39, 0.29) is 6.61 Å². The highest BCUT2D eigenvalue weighted by atomic mass is 32.1. The molecule has 23 heavy (non-hydrogen) atoms. The van der Waals surface area contributed by atoms with E-state index in [0.717, 1.165) is 27.4 Å². The number of aryl methyl sites for hydroxylation is 2. The van der Waals surface area contributed by atoms with Crippen molar-refractivity contribution in [1.29, 1.82) is 0 Å². The van der Waals surface area contributed by atoms with Crippen molar-refractivity contribution in [1.82, 2.24) is 4.98 Å². The fourth-order valence-electron chi connectivity index (χ4n) is 2.20. The van der Waals surface area contributed by atoms with Gasteiger partial charge in [-0.3, -0.25) is 4.52 Å². The average molecular weight is 358 g/mol. The zero-order valence-corrected chi connectivity index (χ0v) is 15.0. The van der Waals surface area contributed by atoms with Crippen molar-refractivity contribution in [3.05, 3.63) is 39.0 Å². The van der Waals surface area contributed by atoms with E-state index in [9.17, 15) is 4.57 Å². The second-order valence-electron chi connectivity index (χ2n) is 5.37. The summed E-state index contributed by atoms with van der Waals surface area (Å²) in [5.41, 5.74) is 12.0. The van der Waals surface area contributed by atoms with Crippen molar-refractivity contribution in [2.24, 2.45) is 0 Å². The third-order valence-electron chi connectivity index (χ3n) is 3.66. The van der Waals surface area contributed by atoms with Crippen LogP contribution in [0, 0.1) is 20.8 Å². The highest BCUT2D eigenvalue weighted by Gasteiger charge is 2.19. The molecule has 0 radical (unpaired) electrons. The van der Waals surface area contributed by atoms with Gasteiger partial charge in [0.2, 0.25) is 5.51 Å². The maximum absolute atomic E-state index is 10.7. The highest BCUT2D eigenvalue weighted by Crippen LogP contribution is 2.35. The van der Waals surface area contributed by atoms with Crippen LogP contribution in [0.4, 0.5) is 5.82 Å². The van der Waals surface area contributed by atoms with Crippen molar-refractivity contribution in [2.75, 3.05) is 12.3 Å². The molecule has 9 heteroatoms. The summed E-state index contributed by atoms with van der Waals surface area (Å²) >= 11 is 1.53. The number of phosphoric acid groups is 1. The first-order chi connectivity index (χ1) is 10.7. The zero-order valence-electron chi connectivity index (χ0n) is 13.3. The summed E-state index contributed by atoms with van der Waals surface area (Å²) < 4.78 is 17.3. The fourth-order valence-corrected chi connectivity index (χ4v) is 3.50. The third kappa shape index (κ3) is 4.83. The Hall–Kier alpha value is -1.31. The van der Waals surface area contributed by atoms with Crippen molar-refractivity contribution in [3.8, 4) is 0 Å². The molecule has 0 aliphatic rings. The molecule has 0 aromatic carbocycles.